The SMILES string of the molecule is O=C1NC(=O)C(CCC(=O)N2CCN(c3nc4ccccc4s3)CC2)C(=O)N1. The topological polar surface area (TPSA) is 112 Å². The van der Waals surface area contributed by atoms with Crippen molar-refractivity contribution in [1.29, 1.82) is 0 Å². The molecule has 0 spiro atoms. The number of benzene rings is 1. The third-order valence-corrected chi connectivity index (χ3v) is 6.04. The standard InChI is InChI=1S/C18H19N5O4S/c24-14(6-5-11-15(25)20-17(27)21-16(11)26)22-7-9-23(10-8-22)18-19-12-3-1-2-4-13(12)28-18/h1-4,11H,5-10H2,(H2,20,21,25,26,27). The number of nitrogens with zero attached hydrogens (tertiary/aromatic N) is 3. The summed E-state index contributed by atoms with van der Waals surface area (Å²) in [6, 6.07) is 7.17. The van der Waals surface area contributed by atoms with Gasteiger partial charge in [0, 0.05) is 32.6 Å². The number of nitrogens with one attached hydrogen (secondary N) is 2. The van der Waals surface area contributed by atoms with Gasteiger partial charge in [-0.3, -0.25) is 25.0 Å². The van der Waals surface area contributed by atoms with E-state index in [9.17, 15) is 19.2 Å². The minimum Gasteiger partial charge on any atom is -0.345 e. The molecule has 2 aliphatic heterocycles. The van der Waals surface area contributed by atoms with Crippen LogP contribution in [-0.4, -0.2) is 59.8 Å². The summed E-state index contributed by atoms with van der Waals surface area (Å²) in [6.45, 7) is 2.50. The highest BCUT2D eigenvalue weighted by Gasteiger charge is 2.34. The molecule has 1 aromatic heterocycles. The number of barbiturate groups is 1. The van der Waals surface area contributed by atoms with Gasteiger partial charge in [-0.2, -0.15) is 0 Å². The van der Waals surface area contributed by atoms with Gasteiger partial charge in [-0.15, -0.1) is 0 Å². The van der Waals surface area contributed by atoms with Crippen molar-refractivity contribution in [3.8, 4) is 0 Å². The molecule has 0 unspecified atom stereocenters. The molecule has 2 aromatic rings. The Morgan fingerprint density at radius 1 is 1.07 bits per heavy atom. The minimum absolute atomic E-state index is 0.0842. The number of fused-ring (bicyclic) bond motifs is 1. The van der Waals surface area contributed by atoms with Gasteiger partial charge in [0.2, 0.25) is 17.7 Å². The van der Waals surface area contributed by atoms with Crippen LogP contribution in [0.3, 0.4) is 0 Å². The number of amides is 5. The fourth-order valence-corrected chi connectivity index (χ4v) is 4.40. The second kappa shape index (κ2) is 7.55. The van der Waals surface area contributed by atoms with Crippen molar-refractivity contribution in [2.24, 2.45) is 5.92 Å². The minimum atomic E-state index is -1.01. The largest absolute Gasteiger partial charge is 0.345 e. The molecule has 4 rings (SSSR count). The van der Waals surface area contributed by atoms with Crippen LogP contribution in [0.15, 0.2) is 24.3 Å². The molecule has 0 saturated carbocycles. The Balaban J connectivity index is 1.29. The lowest BCUT2D eigenvalue weighted by molar-refractivity contribution is -0.137. The first-order valence-electron chi connectivity index (χ1n) is 9.05. The van der Waals surface area contributed by atoms with Crippen LogP contribution in [0, 0.1) is 5.92 Å². The average Bonchev–Trinajstić information content (AvgIpc) is 3.11. The van der Waals surface area contributed by atoms with Gasteiger partial charge in [-0.1, -0.05) is 23.5 Å². The van der Waals surface area contributed by atoms with E-state index in [-0.39, 0.29) is 18.7 Å². The first kappa shape index (κ1) is 18.4. The smallest absolute Gasteiger partial charge is 0.328 e. The van der Waals surface area contributed by atoms with Gasteiger partial charge >= 0.3 is 6.03 Å². The maximum Gasteiger partial charge on any atom is 0.328 e. The number of carbonyl (C=O) groups excluding carboxylic acids is 4. The van der Waals surface area contributed by atoms with E-state index in [2.05, 4.69) is 20.5 Å². The van der Waals surface area contributed by atoms with Gasteiger partial charge in [0.15, 0.2) is 5.13 Å². The Kier molecular flexibility index (Phi) is 4.95. The zero-order chi connectivity index (χ0) is 19.7. The molecule has 2 aliphatic rings. The Bertz CT molecular complexity index is 897. The van der Waals surface area contributed by atoms with Gasteiger partial charge in [0.05, 0.1) is 10.2 Å². The molecule has 10 heteroatoms. The molecule has 5 amide bonds. The third kappa shape index (κ3) is 3.68. The van der Waals surface area contributed by atoms with Gasteiger partial charge in [-0.25, -0.2) is 9.78 Å². The summed E-state index contributed by atoms with van der Waals surface area (Å²) in [5, 5.41) is 5.05. The lowest BCUT2D eigenvalue weighted by atomic mass is 9.99. The van der Waals surface area contributed by atoms with Crippen LogP contribution in [0.1, 0.15) is 12.8 Å². The summed E-state index contributed by atoms with van der Waals surface area (Å²) in [5.74, 6) is -2.41. The summed E-state index contributed by atoms with van der Waals surface area (Å²) >= 11 is 1.64. The van der Waals surface area contributed by atoms with Gasteiger partial charge in [0.25, 0.3) is 0 Å². The zero-order valence-corrected chi connectivity index (χ0v) is 15.8. The van der Waals surface area contributed by atoms with Crippen molar-refractivity contribution in [1.82, 2.24) is 20.5 Å². The molecule has 146 valence electrons. The molecular weight excluding hydrogens is 382 g/mol. The first-order chi connectivity index (χ1) is 13.5. The van der Waals surface area contributed by atoms with Crippen LogP contribution in [0.25, 0.3) is 10.2 Å². The second-order valence-electron chi connectivity index (χ2n) is 6.73. The summed E-state index contributed by atoms with van der Waals surface area (Å²) < 4.78 is 1.14. The number of aromatic nitrogens is 1. The van der Waals surface area contributed by atoms with E-state index in [1.807, 2.05) is 24.3 Å². The number of urea groups is 1. The van der Waals surface area contributed by atoms with E-state index in [1.54, 1.807) is 16.2 Å². The second-order valence-corrected chi connectivity index (χ2v) is 7.74. The Morgan fingerprint density at radius 2 is 1.75 bits per heavy atom. The molecule has 0 bridgehead atoms. The fraction of sp³-hybridized carbons (Fsp3) is 0.389. The maximum absolute atomic E-state index is 12.5. The highest BCUT2D eigenvalue weighted by Crippen LogP contribution is 2.29. The summed E-state index contributed by atoms with van der Waals surface area (Å²) in [5.41, 5.74) is 0.975. The number of anilines is 1. The van der Waals surface area contributed by atoms with Gasteiger partial charge in [-0.05, 0) is 18.6 Å². The molecule has 2 saturated heterocycles. The lowest BCUT2D eigenvalue weighted by Crippen LogP contribution is -2.56. The molecule has 0 aliphatic carbocycles. The molecule has 0 atom stereocenters. The van der Waals surface area contributed by atoms with Crippen molar-refractivity contribution in [3.05, 3.63) is 24.3 Å². The van der Waals surface area contributed by atoms with E-state index in [0.29, 0.717) is 26.2 Å². The van der Waals surface area contributed by atoms with Crippen LogP contribution in [-0.2, 0) is 14.4 Å². The molecule has 0 radical (unpaired) electrons. The summed E-state index contributed by atoms with van der Waals surface area (Å²) in [4.78, 5) is 55.6. The molecule has 2 N–H and O–H groups in total. The molecule has 9 nitrogen and oxygen atoms in total. The van der Waals surface area contributed by atoms with E-state index in [4.69, 9.17) is 0 Å². The lowest BCUT2D eigenvalue weighted by Gasteiger charge is -2.34. The maximum atomic E-state index is 12.5. The van der Waals surface area contributed by atoms with Crippen molar-refractivity contribution < 1.29 is 19.2 Å². The number of hydrogen-bond acceptors (Lipinski definition) is 7. The van der Waals surface area contributed by atoms with Crippen LogP contribution < -0.4 is 15.5 Å². The Morgan fingerprint density at radius 3 is 2.43 bits per heavy atom. The van der Waals surface area contributed by atoms with Crippen molar-refractivity contribution in [3.63, 3.8) is 0 Å². The first-order valence-corrected chi connectivity index (χ1v) is 9.87. The third-order valence-electron chi connectivity index (χ3n) is 4.94. The average molecular weight is 401 g/mol. The van der Waals surface area contributed by atoms with Crippen LogP contribution in [0.4, 0.5) is 9.93 Å². The van der Waals surface area contributed by atoms with E-state index >= 15 is 0 Å². The zero-order valence-electron chi connectivity index (χ0n) is 15.0. The molecule has 1 aromatic carbocycles. The van der Waals surface area contributed by atoms with Gasteiger partial charge < -0.3 is 9.80 Å². The van der Waals surface area contributed by atoms with Crippen LogP contribution in [0.5, 0.6) is 0 Å². The van der Waals surface area contributed by atoms with Crippen LogP contribution in [0.2, 0.25) is 0 Å². The molecule has 3 heterocycles. The number of imide groups is 2. The highest BCUT2D eigenvalue weighted by molar-refractivity contribution is 7.22. The van der Waals surface area contributed by atoms with Crippen molar-refractivity contribution in [2.45, 2.75) is 12.8 Å². The number of carbonyl (C=O) groups is 4. The highest BCUT2D eigenvalue weighted by atomic mass is 32.1. The predicted octanol–water partition coefficient (Wildman–Crippen LogP) is 0.707. The van der Waals surface area contributed by atoms with Crippen molar-refractivity contribution in [2.75, 3.05) is 31.1 Å². The number of piperazine rings is 1. The quantitative estimate of drug-likeness (QED) is 0.730. The fourth-order valence-electron chi connectivity index (χ4n) is 3.38. The van der Waals surface area contributed by atoms with Crippen molar-refractivity contribution >= 4 is 50.4 Å². The summed E-state index contributed by atoms with van der Waals surface area (Å²) in [6.07, 6.45) is 0.169. The molecule has 28 heavy (non-hydrogen) atoms. The van der Waals surface area contributed by atoms with E-state index < -0.39 is 23.8 Å². The normalized spacial score (nSPS) is 18.4. The molecule has 2 fully saturated rings. The number of hydrogen-bond donors (Lipinski definition) is 2. The van der Waals surface area contributed by atoms with E-state index in [1.165, 1.54) is 0 Å². The Hall–Kier alpha value is -3.01. The van der Waals surface area contributed by atoms with Crippen LogP contribution >= 0.6 is 11.3 Å². The Labute approximate surface area is 164 Å². The number of rotatable bonds is 4. The number of para-hydroxylation sites is 1. The number of thiazole rings is 1. The summed E-state index contributed by atoms with van der Waals surface area (Å²) in [7, 11) is 0. The van der Waals surface area contributed by atoms with E-state index in [0.717, 1.165) is 15.3 Å². The monoisotopic (exact) mass is 401 g/mol. The predicted molar refractivity (Wildman–Crippen MR) is 103 cm³/mol. The van der Waals surface area contributed by atoms with Gasteiger partial charge in [0.1, 0.15) is 5.92 Å². The molecular formula is C18H19N5O4S.